The molecule has 29 heavy (non-hydrogen) atoms. The summed E-state index contributed by atoms with van der Waals surface area (Å²) in [6, 6.07) is 10.6. The third kappa shape index (κ3) is 5.12. The minimum absolute atomic E-state index is 0.157. The molecule has 1 aromatic carbocycles. The molecule has 2 aromatic heterocycles. The van der Waals surface area contributed by atoms with Gasteiger partial charge in [0.2, 0.25) is 5.91 Å². The number of carbonyl (C=O) groups is 1. The number of nitrogens with zero attached hydrogens (tertiary/aromatic N) is 2. The third-order valence-corrected chi connectivity index (χ3v) is 6.16. The van der Waals surface area contributed by atoms with E-state index in [4.69, 9.17) is 13.5 Å². The van der Waals surface area contributed by atoms with Crippen LogP contribution in [-0.4, -0.2) is 29.9 Å². The Morgan fingerprint density at radius 2 is 1.97 bits per heavy atom. The van der Waals surface area contributed by atoms with Crippen LogP contribution in [0.1, 0.15) is 11.1 Å². The van der Waals surface area contributed by atoms with E-state index in [1.165, 1.54) is 20.3 Å². The van der Waals surface area contributed by atoms with Crippen LogP contribution in [-0.2, 0) is 31.6 Å². The number of carbonyl (C=O) groups excluding carboxylic acids is 1. The Hall–Kier alpha value is -2.93. The summed E-state index contributed by atoms with van der Waals surface area (Å²) < 4.78 is 29.2. The molecule has 0 spiro atoms. The molecule has 0 saturated carbocycles. The number of anilines is 1. The number of nitrogens with one attached hydrogen (secondary N) is 1. The number of aryl methyl sites for hydroxylation is 1. The van der Waals surface area contributed by atoms with Crippen LogP contribution in [0.5, 0.6) is 0 Å². The minimum Gasteiger partial charge on any atom is -0.463 e. The van der Waals surface area contributed by atoms with Crippen molar-refractivity contribution in [1.29, 1.82) is 0 Å². The second-order valence-electron chi connectivity index (χ2n) is 6.20. The van der Waals surface area contributed by atoms with E-state index in [1.807, 2.05) is 13.1 Å². The molecule has 3 rings (SSSR count). The number of hydrogen-bond donors (Lipinski definition) is 1. The zero-order valence-corrected chi connectivity index (χ0v) is 17.3. The van der Waals surface area contributed by atoms with Gasteiger partial charge in [-0.3, -0.25) is 14.0 Å². The fourth-order valence-corrected chi connectivity index (χ4v) is 3.83. The average molecular weight is 415 g/mol. The van der Waals surface area contributed by atoms with Crippen molar-refractivity contribution < 1.29 is 22.8 Å². The van der Waals surface area contributed by atoms with Gasteiger partial charge >= 0.3 is 7.60 Å². The Labute approximate surface area is 168 Å². The predicted octanol–water partition coefficient (Wildman–Crippen LogP) is 4.32. The fraction of sp³-hybridized carbons (Fsp3) is 0.200. The summed E-state index contributed by atoms with van der Waals surface area (Å²) in [4.78, 5) is 12.3. The van der Waals surface area contributed by atoms with Crippen LogP contribution < -0.4 is 5.32 Å². The van der Waals surface area contributed by atoms with Crippen molar-refractivity contribution in [3.05, 3.63) is 66.1 Å². The van der Waals surface area contributed by atoms with Crippen LogP contribution in [0.2, 0.25) is 0 Å². The van der Waals surface area contributed by atoms with Crippen LogP contribution in [0.15, 0.2) is 59.4 Å². The average Bonchev–Trinajstić information content (AvgIpc) is 3.37. The van der Waals surface area contributed by atoms with E-state index in [1.54, 1.807) is 53.5 Å². The summed E-state index contributed by atoms with van der Waals surface area (Å²) in [7, 11) is 1.38. The molecule has 1 N–H and O–H groups in total. The highest BCUT2D eigenvalue weighted by Crippen LogP contribution is 2.49. The molecule has 0 aliphatic carbocycles. The summed E-state index contributed by atoms with van der Waals surface area (Å²) in [5.41, 5.74) is 2.95. The van der Waals surface area contributed by atoms with Crippen molar-refractivity contribution in [1.82, 2.24) is 9.78 Å². The monoisotopic (exact) mass is 415 g/mol. The standard InChI is InChI=1S/C20H22N3O5P/c1-23-20(18-5-4-12-28-18)16(13-21-23)8-11-19(24)22-17-9-6-15(7-10-17)14-29(25,26-2)27-3/h4-13H,14H2,1-3H3,(H,22,24). The Morgan fingerprint density at radius 3 is 2.59 bits per heavy atom. The molecule has 1 amide bonds. The molecule has 0 fully saturated rings. The number of benzene rings is 1. The SMILES string of the molecule is COP(=O)(Cc1ccc(NC(=O)C=Cc2cnn(C)c2-c2ccco2)cc1)OC. The molecule has 0 atom stereocenters. The molecular weight excluding hydrogens is 393 g/mol. The van der Waals surface area contributed by atoms with Gasteiger partial charge in [0.15, 0.2) is 5.76 Å². The van der Waals surface area contributed by atoms with E-state index in [0.29, 0.717) is 11.4 Å². The summed E-state index contributed by atoms with van der Waals surface area (Å²) in [5.74, 6) is 0.386. The Balaban J connectivity index is 1.65. The summed E-state index contributed by atoms with van der Waals surface area (Å²) in [5, 5.41) is 7.00. The van der Waals surface area contributed by atoms with Gasteiger partial charge in [-0.25, -0.2) is 0 Å². The number of rotatable bonds is 8. The topological polar surface area (TPSA) is 95.6 Å². The van der Waals surface area contributed by atoms with Crippen LogP contribution in [0, 0.1) is 0 Å². The molecule has 0 unspecified atom stereocenters. The smallest absolute Gasteiger partial charge is 0.334 e. The van der Waals surface area contributed by atoms with Crippen molar-refractivity contribution in [2.24, 2.45) is 7.05 Å². The fourth-order valence-electron chi connectivity index (χ4n) is 2.76. The van der Waals surface area contributed by atoms with Crippen LogP contribution >= 0.6 is 7.60 Å². The van der Waals surface area contributed by atoms with Crippen LogP contribution in [0.4, 0.5) is 5.69 Å². The van der Waals surface area contributed by atoms with E-state index in [0.717, 1.165) is 16.8 Å². The van der Waals surface area contributed by atoms with E-state index in [-0.39, 0.29) is 12.1 Å². The lowest BCUT2D eigenvalue weighted by Gasteiger charge is -2.13. The molecule has 9 heteroatoms. The molecule has 152 valence electrons. The van der Waals surface area contributed by atoms with Crippen molar-refractivity contribution in [3.8, 4) is 11.5 Å². The number of aromatic nitrogens is 2. The zero-order valence-electron chi connectivity index (χ0n) is 16.4. The molecule has 8 nitrogen and oxygen atoms in total. The number of amides is 1. The third-order valence-electron chi connectivity index (χ3n) is 4.29. The second-order valence-corrected chi connectivity index (χ2v) is 8.47. The predicted molar refractivity (Wildman–Crippen MR) is 110 cm³/mol. The largest absolute Gasteiger partial charge is 0.463 e. The normalized spacial score (nSPS) is 11.8. The van der Waals surface area contributed by atoms with E-state index < -0.39 is 7.60 Å². The van der Waals surface area contributed by atoms with Gasteiger partial charge in [-0.15, -0.1) is 0 Å². The van der Waals surface area contributed by atoms with Gasteiger partial charge in [0.05, 0.1) is 18.6 Å². The zero-order chi connectivity index (χ0) is 20.9. The Bertz CT molecular complexity index is 1030. The molecule has 0 radical (unpaired) electrons. The van der Waals surface area contributed by atoms with Gasteiger partial charge in [0.1, 0.15) is 5.69 Å². The lowest BCUT2D eigenvalue weighted by molar-refractivity contribution is -0.111. The summed E-state index contributed by atoms with van der Waals surface area (Å²) >= 11 is 0. The lowest BCUT2D eigenvalue weighted by atomic mass is 10.2. The molecule has 0 aliphatic heterocycles. The first kappa shape index (κ1) is 20.8. The highest BCUT2D eigenvalue weighted by atomic mass is 31.2. The molecule has 0 aliphatic rings. The lowest BCUT2D eigenvalue weighted by Crippen LogP contribution is -2.07. The molecule has 0 saturated heterocycles. The molecule has 3 aromatic rings. The van der Waals surface area contributed by atoms with Crippen molar-refractivity contribution in [3.63, 3.8) is 0 Å². The molecule has 0 bridgehead atoms. The van der Waals surface area contributed by atoms with Gasteiger partial charge in [0, 0.05) is 38.6 Å². The maximum absolute atomic E-state index is 12.3. The minimum atomic E-state index is -3.13. The molecule has 2 heterocycles. The quantitative estimate of drug-likeness (QED) is 0.435. The summed E-state index contributed by atoms with van der Waals surface area (Å²) in [6.45, 7) is 0. The van der Waals surface area contributed by atoms with Gasteiger partial charge in [-0.05, 0) is 35.9 Å². The highest BCUT2D eigenvalue weighted by Gasteiger charge is 2.21. The maximum Gasteiger partial charge on any atom is 0.334 e. The molecular formula is C20H22N3O5P. The van der Waals surface area contributed by atoms with Crippen molar-refractivity contribution in [2.45, 2.75) is 6.16 Å². The van der Waals surface area contributed by atoms with Gasteiger partial charge in [-0.2, -0.15) is 5.10 Å². The van der Waals surface area contributed by atoms with Gasteiger partial charge in [0.25, 0.3) is 0 Å². The second kappa shape index (κ2) is 9.05. The Morgan fingerprint density at radius 1 is 1.24 bits per heavy atom. The number of hydrogen-bond acceptors (Lipinski definition) is 6. The van der Waals surface area contributed by atoms with E-state index >= 15 is 0 Å². The first-order valence-electron chi connectivity index (χ1n) is 8.78. The van der Waals surface area contributed by atoms with E-state index in [2.05, 4.69) is 10.4 Å². The van der Waals surface area contributed by atoms with Crippen molar-refractivity contribution in [2.75, 3.05) is 19.5 Å². The number of furan rings is 1. The van der Waals surface area contributed by atoms with Gasteiger partial charge < -0.3 is 18.8 Å². The maximum atomic E-state index is 12.3. The highest BCUT2D eigenvalue weighted by molar-refractivity contribution is 7.52. The van der Waals surface area contributed by atoms with Crippen LogP contribution in [0.3, 0.4) is 0 Å². The van der Waals surface area contributed by atoms with E-state index in [9.17, 15) is 9.36 Å². The first-order valence-corrected chi connectivity index (χ1v) is 10.5. The Kier molecular flexibility index (Phi) is 6.49. The van der Waals surface area contributed by atoms with Gasteiger partial charge in [-0.1, -0.05) is 12.1 Å². The van der Waals surface area contributed by atoms with Crippen molar-refractivity contribution >= 4 is 25.3 Å². The summed E-state index contributed by atoms with van der Waals surface area (Å²) in [6.07, 6.45) is 6.53. The first-order chi connectivity index (χ1) is 13.9. The van der Waals surface area contributed by atoms with Crippen LogP contribution in [0.25, 0.3) is 17.5 Å².